The number of carbonyl (C=O) groups excluding carboxylic acids is 1. The lowest BCUT2D eigenvalue weighted by atomic mass is 10.0. The molecule has 0 aliphatic heterocycles. The Morgan fingerprint density at radius 3 is 2.00 bits per heavy atom. The summed E-state index contributed by atoms with van der Waals surface area (Å²) in [5.41, 5.74) is 1.79. The number of hydrogen-bond donors (Lipinski definition) is 0. The summed E-state index contributed by atoms with van der Waals surface area (Å²) in [7, 11) is 0. The van der Waals surface area contributed by atoms with Gasteiger partial charge in [0.2, 0.25) is 0 Å². The molecule has 0 unspecified atom stereocenters. The van der Waals surface area contributed by atoms with Crippen LogP contribution in [0.25, 0.3) is 11.1 Å². The van der Waals surface area contributed by atoms with Crippen LogP contribution in [0.1, 0.15) is 10.4 Å². The van der Waals surface area contributed by atoms with E-state index < -0.39 is 0 Å². The molecule has 0 atom stereocenters. The van der Waals surface area contributed by atoms with Gasteiger partial charge in [-0.15, -0.1) is 0 Å². The first-order valence-electron chi connectivity index (χ1n) is 4.92. The lowest BCUT2D eigenvalue weighted by molar-refractivity contribution is 0.112. The maximum Gasteiger partial charge on any atom is 0.150 e. The highest BCUT2D eigenvalue weighted by Gasteiger charge is 2.11. The average molecular weight is 320 g/mol. The lowest BCUT2D eigenvalue weighted by Gasteiger charge is -2.09. The minimum atomic E-state index is 0.369. The molecule has 0 amide bonds. The van der Waals surface area contributed by atoms with Crippen LogP contribution in [0.4, 0.5) is 0 Å². The summed E-state index contributed by atoms with van der Waals surface area (Å²) in [4.78, 5) is 10.8. The van der Waals surface area contributed by atoms with Crippen LogP contribution in [0.3, 0.4) is 0 Å². The quantitative estimate of drug-likeness (QED) is 0.506. The van der Waals surface area contributed by atoms with Crippen molar-refractivity contribution in [1.29, 1.82) is 0 Å². The summed E-state index contributed by atoms with van der Waals surface area (Å²) in [6, 6.07) is 8.09. The second-order valence-corrected chi connectivity index (χ2v) is 5.23. The lowest BCUT2D eigenvalue weighted by Crippen LogP contribution is -1.86. The van der Waals surface area contributed by atoms with Gasteiger partial charge in [-0.1, -0.05) is 52.5 Å². The normalized spacial score (nSPS) is 10.4. The molecule has 2 rings (SSSR count). The first kappa shape index (κ1) is 13.7. The van der Waals surface area contributed by atoms with Crippen molar-refractivity contribution in [3.8, 4) is 11.1 Å². The van der Waals surface area contributed by atoms with Gasteiger partial charge in [0.15, 0.2) is 0 Å². The predicted molar refractivity (Wildman–Crippen MR) is 77.3 cm³/mol. The molecule has 2 aromatic rings. The Kier molecular flexibility index (Phi) is 4.18. The van der Waals surface area contributed by atoms with Gasteiger partial charge < -0.3 is 0 Å². The summed E-state index contributed by atoms with van der Waals surface area (Å²) < 4.78 is 0. The van der Waals surface area contributed by atoms with E-state index in [1.54, 1.807) is 30.3 Å². The fourth-order valence-corrected chi connectivity index (χ4v) is 2.42. The maximum atomic E-state index is 10.8. The largest absolute Gasteiger partial charge is 0.298 e. The fourth-order valence-electron chi connectivity index (χ4n) is 1.55. The van der Waals surface area contributed by atoms with E-state index >= 15 is 0 Å². The first-order valence-corrected chi connectivity index (χ1v) is 6.43. The standard InChI is InChI=1S/C13H6Cl4O/c14-10-2-1-7(6-18)3-8(10)9-4-12(16)13(17)5-11(9)15/h1-6H. The molecule has 0 saturated heterocycles. The van der Waals surface area contributed by atoms with Crippen LogP contribution in [0.2, 0.25) is 20.1 Å². The molecular weight excluding hydrogens is 314 g/mol. The third-order valence-corrected chi connectivity index (χ3v) is 3.79. The number of hydrogen-bond acceptors (Lipinski definition) is 1. The van der Waals surface area contributed by atoms with Crippen LogP contribution in [0.15, 0.2) is 30.3 Å². The molecule has 0 fully saturated rings. The van der Waals surface area contributed by atoms with E-state index in [2.05, 4.69) is 0 Å². The Morgan fingerprint density at radius 1 is 0.722 bits per heavy atom. The second kappa shape index (κ2) is 5.50. The van der Waals surface area contributed by atoms with E-state index in [0.717, 1.165) is 6.29 Å². The van der Waals surface area contributed by atoms with Gasteiger partial charge in [-0.3, -0.25) is 4.79 Å². The number of aldehydes is 1. The molecule has 0 radical (unpaired) electrons. The van der Waals surface area contributed by atoms with Crippen molar-refractivity contribution in [1.82, 2.24) is 0 Å². The minimum Gasteiger partial charge on any atom is -0.298 e. The Balaban J connectivity index is 2.68. The smallest absolute Gasteiger partial charge is 0.150 e. The van der Waals surface area contributed by atoms with Crippen molar-refractivity contribution >= 4 is 52.7 Å². The molecule has 0 aliphatic carbocycles. The first-order chi connectivity index (χ1) is 8.52. The maximum absolute atomic E-state index is 10.8. The minimum absolute atomic E-state index is 0.369. The Bertz CT molecular complexity index is 623. The Hall–Kier alpha value is -0.730. The molecule has 0 aromatic heterocycles. The third-order valence-electron chi connectivity index (χ3n) is 2.43. The van der Waals surface area contributed by atoms with Crippen LogP contribution >= 0.6 is 46.4 Å². The third kappa shape index (κ3) is 2.65. The summed E-state index contributed by atoms with van der Waals surface area (Å²) in [6.45, 7) is 0. The van der Waals surface area contributed by atoms with Gasteiger partial charge in [-0.2, -0.15) is 0 Å². The molecule has 0 N–H and O–H groups in total. The highest BCUT2D eigenvalue weighted by molar-refractivity contribution is 6.44. The molecule has 0 saturated carbocycles. The number of benzene rings is 2. The van der Waals surface area contributed by atoms with Crippen LogP contribution in [-0.4, -0.2) is 6.29 Å². The highest BCUT2D eigenvalue weighted by Crippen LogP contribution is 2.38. The molecule has 92 valence electrons. The van der Waals surface area contributed by atoms with Gasteiger partial charge in [0.05, 0.1) is 15.1 Å². The monoisotopic (exact) mass is 318 g/mol. The van der Waals surface area contributed by atoms with Crippen molar-refractivity contribution in [3.63, 3.8) is 0 Å². The van der Waals surface area contributed by atoms with Crippen molar-refractivity contribution in [3.05, 3.63) is 56.0 Å². The van der Waals surface area contributed by atoms with Crippen molar-refractivity contribution in [2.45, 2.75) is 0 Å². The molecule has 0 spiro atoms. The summed E-state index contributed by atoms with van der Waals surface area (Å²) in [5.74, 6) is 0. The van der Waals surface area contributed by atoms with Crippen molar-refractivity contribution in [2.24, 2.45) is 0 Å². The summed E-state index contributed by atoms with van der Waals surface area (Å²) in [5, 5.41) is 1.66. The molecule has 2 aromatic carbocycles. The number of rotatable bonds is 2. The van der Waals surface area contributed by atoms with Crippen molar-refractivity contribution < 1.29 is 4.79 Å². The zero-order chi connectivity index (χ0) is 13.3. The average Bonchev–Trinajstić information content (AvgIpc) is 2.35. The predicted octanol–water partition coefficient (Wildman–Crippen LogP) is 5.78. The number of carbonyl (C=O) groups is 1. The molecule has 0 aliphatic rings. The fraction of sp³-hybridized carbons (Fsp3) is 0. The molecule has 5 heteroatoms. The van der Waals surface area contributed by atoms with Gasteiger partial charge in [0, 0.05) is 21.7 Å². The molecular formula is C13H6Cl4O. The van der Waals surface area contributed by atoms with Crippen molar-refractivity contribution in [2.75, 3.05) is 0 Å². The highest BCUT2D eigenvalue weighted by atomic mass is 35.5. The Labute approximate surface area is 124 Å². The van der Waals surface area contributed by atoms with E-state index in [1.807, 2.05) is 0 Å². The van der Waals surface area contributed by atoms with Gasteiger partial charge in [0.1, 0.15) is 6.29 Å². The van der Waals surface area contributed by atoms with E-state index in [-0.39, 0.29) is 0 Å². The van der Waals surface area contributed by atoms with E-state index in [9.17, 15) is 4.79 Å². The molecule has 0 bridgehead atoms. The zero-order valence-electron chi connectivity index (χ0n) is 8.88. The van der Waals surface area contributed by atoms with Crippen LogP contribution in [0, 0.1) is 0 Å². The molecule has 18 heavy (non-hydrogen) atoms. The van der Waals surface area contributed by atoms with E-state index in [4.69, 9.17) is 46.4 Å². The molecule has 0 heterocycles. The topological polar surface area (TPSA) is 17.1 Å². The van der Waals surface area contributed by atoms with Gasteiger partial charge >= 0.3 is 0 Å². The second-order valence-electron chi connectivity index (χ2n) is 3.60. The Morgan fingerprint density at radius 2 is 1.33 bits per heavy atom. The van der Waals surface area contributed by atoms with E-state index in [1.165, 1.54) is 0 Å². The SMILES string of the molecule is O=Cc1ccc(Cl)c(-c2cc(Cl)c(Cl)cc2Cl)c1. The van der Waals surface area contributed by atoms with Gasteiger partial charge in [-0.05, 0) is 24.3 Å². The number of halogens is 4. The van der Waals surface area contributed by atoms with Crippen LogP contribution in [-0.2, 0) is 0 Å². The van der Waals surface area contributed by atoms with Crippen LogP contribution < -0.4 is 0 Å². The van der Waals surface area contributed by atoms with Gasteiger partial charge in [-0.25, -0.2) is 0 Å². The summed E-state index contributed by atoms with van der Waals surface area (Å²) >= 11 is 24.0. The molecule has 1 nitrogen and oxygen atoms in total. The summed E-state index contributed by atoms with van der Waals surface area (Å²) in [6.07, 6.45) is 0.741. The zero-order valence-corrected chi connectivity index (χ0v) is 11.9. The van der Waals surface area contributed by atoms with Crippen LogP contribution in [0.5, 0.6) is 0 Å². The van der Waals surface area contributed by atoms with Gasteiger partial charge in [0.25, 0.3) is 0 Å². The van der Waals surface area contributed by atoms with E-state index in [0.29, 0.717) is 36.8 Å².